The summed E-state index contributed by atoms with van der Waals surface area (Å²) in [6, 6.07) is 20.2. The molecule has 0 N–H and O–H groups in total. The lowest BCUT2D eigenvalue weighted by molar-refractivity contribution is 0.517. The fourth-order valence-electron chi connectivity index (χ4n) is 3.23. The van der Waals surface area contributed by atoms with Crippen molar-refractivity contribution in [3.8, 4) is 23.0 Å². The lowest BCUT2D eigenvalue weighted by atomic mass is 10.0. The van der Waals surface area contributed by atoms with Gasteiger partial charge < -0.3 is 0 Å². The Morgan fingerprint density at radius 1 is 0.690 bits per heavy atom. The highest BCUT2D eigenvalue weighted by Gasteiger charge is 2.07. The van der Waals surface area contributed by atoms with Gasteiger partial charge in [-0.1, -0.05) is 55.2 Å². The van der Waals surface area contributed by atoms with Crippen LogP contribution >= 0.6 is 0 Å². The van der Waals surface area contributed by atoms with Crippen molar-refractivity contribution in [1.82, 2.24) is 0 Å². The van der Waals surface area contributed by atoms with Crippen molar-refractivity contribution in [2.24, 2.45) is 0 Å². The van der Waals surface area contributed by atoms with Crippen LogP contribution in [0.5, 0.6) is 0 Å². The van der Waals surface area contributed by atoms with E-state index >= 15 is 0 Å². The van der Waals surface area contributed by atoms with Crippen LogP contribution in [0.15, 0.2) is 72.8 Å². The highest BCUT2D eigenvalue weighted by atomic mass is 19.2. The minimum absolute atomic E-state index is 0.232. The molecular formula is C26H17F3. The summed E-state index contributed by atoms with van der Waals surface area (Å²) in [5.74, 6) is 4.14. The Hall–Kier alpha value is -3.51. The van der Waals surface area contributed by atoms with Crippen LogP contribution in [0, 0.1) is 29.3 Å². The maximum atomic E-state index is 14.3. The van der Waals surface area contributed by atoms with Gasteiger partial charge >= 0.3 is 0 Å². The summed E-state index contributed by atoms with van der Waals surface area (Å²) in [4.78, 5) is 0. The third kappa shape index (κ3) is 3.88. The van der Waals surface area contributed by atoms with Gasteiger partial charge in [-0.2, -0.15) is 0 Å². The molecule has 0 radical (unpaired) electrons. The van der Waals surface area contributed by atoms with Crippen LogP contribution in [0.4, 0.5) is 13.2 Å². The van der Waals surface area contributed by atoms with E-state index in [2.05, 4.69) is 11.8 Å². The number of benzene rings is 4. The Morgan fingerprint density at radius 3 is 2.14 bits per heavy atom. The molecule has 3 heteroatoms. The number of halogens is 3. The molecule has 0 fully saturated rings. The molecule has 0 saturated heterocycles. The first-order valence-electron chi connectivity index (χ1n) is 9.34. The predicted octanol–water partition coefficient (Wildman–Crippen LogP) is 6.89. The van der Waals surface area contributed by atoms with Gasteiger partial charge in [0, 0.05) is 22.1 Å². The molecule has 0 nitrogen and oxygen atoms in total. The number of aryl methyl sites for hydroxylation is 1. The fourth-order valence-corrected chi connectivity index (χ4v) is 3.23. The smallest absolute Gasteiger partial charge is 0.166 e. The third-order valence-corrected chi connectivity index (χ3v) is 4.90. The zero-order chi connectivity index (χ0) is 20.4. The minimum atomic E-state index is -0.864. The predicted molar refractivity (Wildman–Crippen MR) is 111 cm³/mol. The SMILES string of the molecule is CCc1ccc(-c2ccc(C#Cc3ccc4c(F)c(F)ccc4c3)cc2)c(F)c1. The van der Waals surface area contributed by atoms with E-state index in [0.717, 1.165) is 29.2 Å². The Balaban J connectivity index is 1.59. The van der Waals surface area contributed by atoms with E-state index in [9.17, 15) is 13.2 Å². The van der Waals surface area contributed by atoms with Crippen LogP contribution in [0.25, 0.3) is 21.9 Å². The molecule has 0 aliphatic rings. The Labute approximate surface area is 167 Å². The first kappa shape index (κ1) is 18.8. The van der Waals surface area contributed by atoms with Gasteiger partial charge in [0.05, 0.1) is 0 Å². The van der Waals surface area contributed by atoms with Crippen LogP contribution in [-0.4, -0.2) is 0 Å². The van der Waals surface area contributed by atoms with Gasteiger partial charge in [0.25, 0.3) is 0 Å². The van der Waals surface area contributed by atoms with E-state index in [0.29, 0.717) is 16.5 Å². The molecule has 4 aromatic rings. The van der Waals surface area contributed by atoms with Crippen molar-refractivity contribution in [3.05, 3.63) is 107 Å². The summed E-state index contributed by atoms with van der Waals surface area (Å²) in [5.41, 5.74) is 3.80. The molecule has 4 rings (SSSR count). The topological polar surface area (TPSA) is 0 Å². The monoisotopic (exact) mass is 386 g/mol. The maximum absolute atomic E-state index is 14.3. The van der Waals surface area contributed by atoms with Crippen molar-refractivity contribution in [1.29, 1.82) is 0 Å². The highest BCUT2D eigenvalue weighted by molar-refractivity contribution is 5.84. The van der Waals surface area contributed by atoms with E-state index in [4.69, 9.17) is 0 Å². The summed E-state index contributed by atoms with van der Waals surface area (Å²) >= 11 is 0. The number of hydrogen-bond donors (Lipinski definition) is 0. The molecule has 0 aliphatic carbocycles. The minimum Gasteiger partial charge on any atom is -0.206 e. The first-order valence-corrected chi connectivity index (χ1v) is 9.34. The van der Waals surface area contributed by atoms with E-state index in [1.165, 1.54) is 12.1 Å². The number of rotatable bonds is 2. The summed E-state index contributed by atoms with van der Waals surface area (Å²) in [7, 11) is 0. The molecular weight excluding hydrogens is 369 g/mol. The van der Waals surface area contributed by atoms with Gasteiger partial charge in [0.2, 0.25) is 0 Å². The van der Waals surface area contributed by atoms with Gasteiger partial charge in [-0.15, -0.1) is 0 Å². The summed E-state index contributed by atoms with van der Waals surface area (Å²) in [5, 5.41) is 0.827. The van der Waals surface area contributed by atoms with Crippen LogP contribution in [0.1, 0.15) is 23.6 Å². The molecule has 0 aliphatic heterocycles. The largest absolute Gasteiger partial charge is 0.206 e. The van der Waals surface area contributed by atoms with E-state index in [-0.39, 0.29) is 11.2 Å². The second kappa shape index (κ2) is 7.85. The highest BCUT2D eigenvalue weighted by Crippen LogP contribution is 2.24. The Morgan fingerprint density at radius 2 is 1.41 bits per heavy atom. The summed E-state index contributed by atoms with van der Waals surface area (Å²) in [6.45, 7) is 1.99. The second-order valence-electron chi connectivity index (χ2n) is 6.79. The van der Waals surface area contributed by atoms with Crippen molar-refractivity contribution in [2.45, 2.75) is 13.3 Å². The zero-order valence-corrected chi connectivity index (χ0v) is 15.8. The van der Waals surface area contributed by atoms with Gasteiger partial charge in [-0.3, -0.25) is 0 Å². The van der Waals surface area contributed by atoms with Gasteiger partial charge in [-0.25, -0.2) is 13.2 Å². The van der Waals surface area contributed by atoms with Crippen molar-refractivity contribution in [3.63, 3.8) is 0 Å². The third-order valence-electron chi connectivity index (χ3n) is 4.90. The van der Waals surface area contributed by atoms with E-state index < -0.39 is 11.6 Å². The summed E-state index contributed by atoms with van der Waals surface area (Å²) < 4.78 is 41.4. The first-order chi connectivity index (χ1) is 14.0. The molecule has 0 heterocycles. The van der Waals surface area contributed by atoms with Gasteiger partial charge in [0.15, 0.2) is 11.6 Å². The molecule has 0 aromatic heterocycles. The Bertz CT molecular complexity index is 1260. The molecule has 0 bridgehead atoms. The maximum Gasteiger partial charge on any atom is 0.166 e. The molecule has 29 heavy (non-hydrogen) atoms. The van der Waals surface area contributed by atoms with Crippen LogP contribution in [0.2, 0.25) is 0 Å². The lowest BCUT2D eigenvalue weighted by Gasteiger charge is -2.05. The van der Waals surface area contributed by atoms with Crippen molar-refractivity contribution in [2.75, 3.05) is 0 Å². The van der Waals surface area contributed by atoms with E-state index in [1.807, 2.05) is 37.3 Å². The second-order valence-corrected chi connectivity index (χ2v) is 6.79. The average Bonchev–Trinajstić information content (AvgIpc) is 2.75. The quantitative estimate of drug-likeness (QED) is 0.329. The number of hydrogen-bond acceptors (Lipinski definition) is 0. The van der Waals surface area contributed by atoms with Gasteiger partial charge in [0.1, 0.15) is 5.82 Å². The van der Waals surface area contributed by atoms with Crippen LogP contribution in [0.3, 0.4) is 0 Å². The molecule has 0 atom stereocenters. The number of fused-ring (bicyclic) bond motifs is 1. The fraction of sp³-hybridized carbons (Fsp3) is 0.0769. The Kier molecular flexibility index (Phi) is 5.10. The normalized spacial score (nSPS) is 10.6. The summed E-state index contributed by atoms with van der Waals surface area (Å²) in [6.07, 6.45) is 0.794. The lowest BCUT2D eigenvalue weighted by Crippen LogP contribution is -1.88. The van der Waals surface area contributed by atoms with Gasteiger partial charge in [-0.05, 0) is 59.3 Å². The average molecular weight is 386 g/mol. The van der Waals surface area contributed by atoms with Crippen LogP contribution < -0.4 is 0 Å². The van der Waals surface area contributed by atoms with Crippen LogP contribution in [-0.2, 0) is 6.42 Å². The molecule has 0 spiro atoms. The molecule has 0 unspecified atom stereocenters. The molecule has 4 aromatic carbocycles. The molecule has 0 amide bonds. The zero-order valence-electron chi connectivity index (χ0n) is 15.8. The van der Waals surface area contributed by atoms with Crippen molar-refractivity contribution < 1.29 is 13.2 Å². The molecule has 142 valence electrons. The standard InChI is InChI=1S/C26H17F3/c1-2-17-7-12-22(25(28)16-17)20-9-5-18(6-10-20)3-4-19-8-13-23-21(15-19)11-14-24(27)26(23)29/h5-16H,2H2,1H3. The van der Waals surface area contributed by atoms with E-state index in [1.54, 1.807) is 24.3 Å². The molecule has 0 saturated carbocycles. The van der Waals surface area contributed by atoms with Crippen molar-refractivity contribution >= 4 is 10.8 Å².